The number of alkyl halides is 2. The molecule has 2 heterocycles. The molecule has 76 valence electrons. The first-order chi connectivity index (χ1) is 8.58. The van der Waals surface area contributed by atoms with Gasteiger partial charge in [0.25, 0.3) is 6.43 Å². The third-order valence-corrected chi connectivity index (χ3v) is 2.24. The number of hydrogen-bond donors (Lipinski definition) is 0. The molecule has 0 unspecified atom stereocenters. The molecule has 2 rings (SSSR count). The minimum atomic E-state index is -2.94. The van der Waals surface area contributed by atoms with Crippen molar-refractivity contribution >= 4 is 16.3 Å². The van der Waals surface area contributed by atoms with Gasteiger partial charge >= 0.3 is 0 Å². The van der Waals surface area contributed by atoms with E-state index in [1.54, 1.807) is 0 Å². The lowest BCUT2D eigenvalue weighted by Crippen LogP contribution is -1.89. The van der Waals surface area contributed by atoms with Crippen LogP contribution in [0.3, 0.4) is 0 Å². The molecule has 0 amide bonds. The Balaban J connectivity index is 2.33. The number of hydrogen-bond acceptors (Lipinski definition) is 4. The van der Waals surface area contributed by atoms with Crippen LogP contribution < -0.4 is 0 Å². The van der Waals surface area contributed by atoms with Gasteiger partial charge in [0.05, 0.1) is 19.6 Å². The first-order valence-corrected chi connectivity index (χ1v) is 4.25. The Morgan fingerprint density at radius 2 is 2.71 bits per heavy atom. The number of ether oxygens (including phenoxy) is 1. The average molecular weight is 224 g/mol. The highest BCUT2D eigenvalue weighted by Gasteiger charge is 2.14. The van der Waals surface area contributed by atoms with Crippen LogP contribution in [0.5, 0.6) is 0 Å². The van der Waals surface area contributed by atoms with Crippen molar-refractivity contribution in [2.75, 3.05) is 7.04 Å². The molecule has 14 heavy (non-hydrogen) atoms. The molecule has 0 aromatic carbocycles. The van der Waals surface area contributed by atoms with Crippen molar-refractivity contribution in [2.24, 2.45) is 0 Å². The molecule has 0 aliphatic carbocycles. The second-order valence-electron chi connectivity index (χ2n) is 2.30. The monoisotopic (exact) mass is 224 g/mol. The van der Waals surface area contributed by atoms with E-state index in [9.17, 15) is 8.78 Å². The Hall–Kier alpha value is -1.08. The first kappa shape index (κ1) is 5.13. The van der Waals surface area contributed by atoms with Crippen molar-refractivity contribution in [3.8, 4) is 0 Å². The first-order valence-electron chi connectivity index (χ1n) is 5.93. The van der Waals surface area contributed by atoms with Crippen LogP contribution in [-0.2, 0) is 11.3 Å². The number of halogens is 2. The summed E-state index contributed by atoms with van der Waals surface area (Å²) in [6.45, 7) is -2.65. The minimum absolute atomic E-state index is 0.0308. The largest absolute Gasteiger partial charge is 0.377 e. The summed E-state index contributed by atoms with van der Waals surface area (Å²) in [4.78, 5) is 3.58. The fourth-order valence-corrected chi connectivity index (χ4v) is 1.63. The standard InChI is InChI=1S/C7H7F2N3OS/c1-13-3-5-11-12-2-4(6(8)9)10-7(12)14-5/h2,6H,3H2,1H3/i1D3,3D2. The molecule has 7 heteroatoms. The van der Waals surface area contributed by atoms with Crippen LogP contribution >= 0.6 is 11.3 Å². The van der Waals surface area contributed by atoms with Crippen LogP contribution in [0, 0.1) is 0 Å². The van der Waals surface area contributed by atoms with Gasteiger partial charge in [0.2, 0.25) is 4.96 Å². The summed E-state index contributed by atoms with van der Waals surface area (Å²) < 4.78 is 65.5. The Kier molecular flexibility index (Phi) is 1.31. The van der Waals surface area contributed by atoms with Crippen LogP contribution in [0.4, 0.5) is 8.78 Å². The van der Waals surface area contributed by atoms with Gasteiger partial charge in [-0.15, -0.1) is 0 Å². The van der Waals surface area contributed by atoms with Crippen molar-refractivity contribution < 1.29 is 20.4 Å². The molecule has 0 spiro atoms. The molecule has 0 aliphatic heterocycles. The zero-order chi connectivity index (χ0) is 14.4. The van der Waals surface area contributed by atoms with Crippen molar-refractivity contribution in [1.29, 1.82) is 0 Å². The van der Waals surface area contributed by atoms with E-state index in [-0.39, 0.29) is 9.97 Å². The van der Waals surface area contributed by atoms with Crippen molar-refractivity contribution in [3.63, 3.8) is 0 Å². The van der Waals surface area contributed by atoms with Crippen molar-refractivity contribution in [3.05, 3.63) is 16.9 Å². The minimum Gasteiger partial charge on any atom is -0.377 e. The zero-order valence-electron chi connectivity index (χ0n) is 11.6. The summed E-state index contributed by atoms with van der Waals surface area (Å²) in [5, 5.41) is 3.35. The summed E-state index contributed by atoms with van der Waals surface area (Å²) in [6.07, 6.45) is -1.81. The summed E-state index contributed by atoms with van der Waals surface area (Å²) in [7, 11) is -2.94. The van der Waals surface area contributed by atoms with Gasteiger partial charge in [-0.25, -0.2) is 18.3 Å². The third kappa shape index (κ3) is 1.60. The molecule has 2 aromatic rings. The van der Waals surface area contributed by atoms with E-state index in [1.807, 2.05) is 0 Å². The quantitative estimate of drug-likeness (QED) is 0.799. The summed E-state index contributed by atoms with van der Waals surface area (Å²) >= 11 is 0.641. The van der Waals surface area contributed by atoms with Crippen LogP contribution in [0.2, 0.25) is 0 Å². The molecule has 0 bridgehead atoms. The molecule has 0 saturated carbocycles. The molecular formula is C7H7F2N3OS. The molecule has 0 fully saturated rings. The van der Waals surface area contributed by atoms with Crippen LogP contribution in [-0.4, -0.2) is 21.6 Å². The van der Waals surface area contributed by atoms with Gasteiger partial charge in [-0.2, -0.15) is 5.10 Å². The molecule has 0 atom stereocenters. The zero-order valence-corrected chi connectivity index (χ0v) is 7.39. The normalized spacial score (nSPS) is 18.9. The Labute approximate surface area is 89.2 Å². The molecule has 2 aromatic heterocycles. The van der Waals surface area contributed by atoms with Gasteiger partial charge in [0, 0.05) is 7.04 Å². The molecular weight excluding hydrogens is 212 g/mol. The van der Waals surface area contributed by atoms with Gasteiger partial charge < -0.3 is 4.74 Å². The summed E-state index contributed by atoms with van der Waals surface area (Å²) in [5.74, 6) is 0. The lowest BCUT2D eigenvalue weighted by Gasteiger charge is -1.90. The highest BCUT2D eigenvalue weighted by atomic mass is 32.1. The van der Waals surface area contributed by atoms with E-state index in [0.29, 0.717) is 11.3 Å². The molecule has 0 radical (unpaired) electrons. The predicted molar refractivity (Wildman–Crippen MR) is 46.5 cm³/mol. The van der Waals surface area contributed by atoms with E-state index in [2.05, 4.69) is 14.8 Å². The number of fused-ring (bicyclic) bond motifs is 1. The number of rotatable bonds is 3. The highest BCUT2D eigenvalue weighted by Crippen LogP contribution is 2.21. The highest BCUT2D eigenvalue weighted by molar-refractivity contribution is 7.16. The maximum absolute atomic E-state index is 12.4. The molecule has 4 nitrogen and oxygen atoms in total. The second-order valence-corrected chi connectivity index (χ2v) is 3.26. The summed E-state index contributed by atoms with van der Waals surface area (Å²) in [6, 6.07) is 0. The van der Waals surface area contributed by atoms with Crippen molar-refractivity contribution in [1.82, 2.24) is 14.6 Å². The SMILES string of the molecule is [2H]C([2H])([2H])OC([2H])([2H])c1nn2cc(C(F)F)nc2s1. The Morgan fingerprint density at radius 1 is 1.86 bits per heavy atom. The maximum Gasteiger partial charge on any atom is 0.282 e. The fourth-order valence-electron chi connectivity index (χ4n) is 0.907. The van der Waals surface area contributed by atoms with E-state index in [4.69, 9.17) is 6.85 Å². The van der Waals surface area contributed by atoms with Crippen molar-refractivity contribution in [2.45, 2.75) is 13.0 Å². The predicted octanol–water partition coefficient (Wildman–Crippen LogP) is 1.87. The topological polar surface area (TPSA) is 39.4 Å². The smallest absolute Gasteiger partial charge is 0.282 e. The number of methoxy groups -OCH3 is 1. The van der Waals surface area contributed by atoms with Gasteiger partial charge in [-0.05, 0) is 0 Å². The maximum atomic E-state index is 12.4. The van der Waals surface area contributed by atoms with Crippen LogP contribution in [0.1, 0.15) is 24.0 Å². The third-order valence-electron chi connectivity index (χ3n) is 1.42. The van der Waals surface area contributed by atoms with Crippen LogP contribution in [0.25, 0.3) is 4.96 Å². The molecule has 0 saturated heterocycles. The van der Waals surface area contributed by atoms with Gasteiger partial charge in [0.1, 0.15) is 10.7 Å². The van der Waals surface area contributed by atoms with E-state index in [1.165, 1.54) is 0 Å². The number of imidazole rings is 1. The van der Waals surface area contributed by atoms with Gasteiger partial charge in [-0.3, -0.25) is 0 Å². The average Bonchev–Trinajstić information content (AvgIpc) is 2.68. The number of nitrogens with zero attached hydrogens (tertiary/aromatic N) is 3. The van der Waals surface area contributed by atoms with Crippen LogP contribution in [0.15, 0.2) is 6.20 Å². The number of aromatic nitrogens is 3. The Bertz CT molecular complexity index is 564. The van der Waals surface area contributed by atoms with Gasteiger partial charge in [-0.1, -0.05) is 11.3 Å². The molecule has 0 N–H and O–H groups in total. The lowest BCUT2D eigenvalue weighted by atomic mass is 10.5. The summed E-state index contributed by atoms with van der Waals surface area (Å²) in [5.41, 5.74) is -0.484. The lowest BCUT2D eigenvalue weighted by molar-refractivity contribution is 0.146. The van der Waals surface area contributed by atoms with E-state index in [0.717, 1.165) is 10.7 Å². The Morgan fingerprint density at radius 3 is 3.36 bits per heavy atom. The van der Waals surface area contributed by atoms with E-state index < -0.39 is 25.7 Å². The van der Waals surface area contributed by atoms with Gasteiger partial charge in [0.15, 0.2) is 0 Å². The fraction of sp³-hybridized carbons (Fsp3) is 0.429. The second kappa shape index (κ2) is 3.58. The molecule has 0 aliphatic rings. The van der Waals surface area contributed by atoms with E-state index >= 15 is 0 Å².